The molecule has 0 aromatic heterocycles. The Kier molecular flexibility index (Phi) is 4.86. The quantitative estimate of drug-likeness (QED) is 0.803. The van der Waals surface area contributed by atoms with Gasteiger partial charge in [0.05, 0.1) is 0 Å². The maximum Gasteiger partial charge on any atom is 0.408 e. The number of primary amides is 1. The second-order valence-corrected chi connectivity index (χ2v) is 6.81. The number of hydrogen-bond acceptors (Lipinski definition) is 4. The molecule has 7 nitrogen and oxygen atoms in total. The predicted octanol–water partition coefficient (Wildman–Crippen LogP) is 0.766. The third kappa shape index (κ3) is 4.61. The average molecular weight is 299 g/mol. The maximum atomic E-state index is 12.5. The van der Waals surface area contributed by atoms with E-state index in [1.807, 2.05) is 0 Å². The van der Waals surface area contributed by atoms with Crippen LogP contribution in [0, 0.1) is 0 Å². The minimum atomic E-state index is -1.17. The van der Waals surface area contributed by atoms with E-state index < -0.39 is 29.2 Å². The van der Waals surface area contributed by atoms with Crippen LogP contribution in [0.2, 0.25) is 0 Å². The van der Waals surface area contributed by atoms with Crippen molar-refractivity contribution in [2.75, 3.05) is 6.54 Å². The number of rotatable bonds is 3. The number of ether oxygens (including phenoxy) is 1. The molecule has 1 fully saturated rings. The molecule has 0 aliphatic carbocycles. The molecule has 1 saturated heterocycles. The number of nitrogens with zero attached hydrogens (tertiary/aromatic N) is 1. The van der Waals surface area contributed by atoms with Gasteiger partial charge in [0.2, 0.25) is 11.8 Å². The van der Waals surface area contributed by atoms with Crippen molar-refractivity contribution in [1.29, 1.82) is 0 Å². The smallest absolute Gasteiger partial charge is 0.408 e. The Balaban J connectivity index is 2.75. The summed E-state index contributed by atoms with van der Waals surface area (Å²) >= 11 is 0. The first-order valence-electron chi connectivity index (χ1n) is 7.05. The summed E-state index contributed by atoms with van der Waals surface area (Å²) < 4.78 is 5.15. The van der Waals surface area contributed by atoms with Crippen LogP contribution in [0.5, 0.6) is 0 Å². The van der Waals surface area contributed by atoms with Crippen LogP contribution in [0.15, 0.2) is 0 Å². The minimum Gasteiger partial charge on any atom is -0.444 e. The normalized spacial score (nSPS) is 19.3. The van der Waals surface area contributed by atoms with Gasteiger partial charge in [0.1, 0.15) is 17.2 Å². The molecule has 0 radical (unpaired) electrons. The van der Waals surface area contributed by atoms with Crippen molar-refractivity contribution in [3.8, 4) is 0 Å². The highest BCUT2D eigenvalue weighted by atomic mass is 16.6. The first-order chi connectivity index (χ1) is 9.44. The summed E-state index contributed by atoms with van der Waals surface area (Å²) in [6.07, 6.45) is 0.613. The number of likely N-dealkylation sites (tertiary alicyclic amines) is 1. The lowest BCUT2D eigenvalue weighted by molar-refractivity contribution is -0.141. The van der Waals surface area contributed by atoms with E-state index in [-0.39, 0.29) is 5.91 Å². The van der Waals surface area contributed by atoms with Gasteiger partial charge in [0.25, 0.3) is 0 Å². The SMILES string of the molecule is CC(C)(C)OC(=O)NC(C)(C)C(=O)N1CCC[C@H]1C(N)=O. The Morgan fingerprint density at radius 1 is 1.19 bits per heavy atom. The molecule has 7 heteroatoms. The maximum absolute atomic E-state index is 12.5. The van der Waals surface area contributed by atoms with Crippen LogP contribution < -0.4 is 11.1 Å². The molecule has 1 aliphatic heterocycles. The van der Waals surface area contributed by atoms with E-state index in [4.69, 9.17) is 10.5 Å². The van der Waals surface area contributed by atoms with Gasteiger partial charge in [-0.05, 0) is 47.5 Å². The first kappa shape index (κ1) is 17.3. The molecule has 0 aromatic rings. The Bertz CT molecular complexity index is 440. The molecule has 1 aliphatic rings. The number of alkyl carbamates (subject to hydrolysis) is 1. The van der Waals surface area contributed by atoms with Crippen molar-refractivity contribution >= 4 is 17.9 Å². The van der Waals surface area contributed by atoms with E-state index in [2.05, 4.69) is 5.32 Å². The van der Waals surface area contributed by atoms with Crippen LogP contribution >= 0.6 is 0 Å². The molecule has 1 rings (SSSR count). The zero-order valence-electron chi connectivity index (χ0n) is 13.4. The van der Waals surface area contributed by atoms with Gasteiger partial charge in [-0.3, -0.25) is 9.59 Å². The zero-order valence-corrected chi connectivity index (χ0v) is 13.4. The monoisotopic (exact) mass is 299 g/mol. The number of carbonyl (C=O) groups is 3. The summed E-state index contributed by atoms with van der Waals surface area (Å²) in [6, 6.07) is -0.600. The average Bonchev–Trinajstić information content (AvgIpc) is 2.72. The van der Waals surface area contributed by atoms with Gasteiger partial charge in [-0.1, -0.05) is 0 Å². The predicted molar refractivity (Wildman–Crippen MR) is 77.4 cm³/mol. The van der Waals surface area contributed by atoms with E-state index in [9.17, 15) is 14.4 Å². The van der Waals surface area contributed by atoms with E-state index >= 15 is 0 Å². The van der Waals surface area contributed by atoms with Crippen molar-refractivity contribution in [3.05, 3.63) is 0 Å². The van der Waals surface area contributed by atoms with Crippen LogP contribution in [0.25, 0.3) is 0 Å². The molecule has 3 amide bonds. The van der Waals surface area contributed by atoms with Crippen molar-refractivity contribution in [3.63, 3.8) is 0 Å². The van der Waals surface area contributed by atoms with Crippen LogP contribution in [-0.4, -0.2) is 46.5 Å². The second-order valence-electron chi connectivity index (χ2n) is 6.81. The summed E-state index contributed by atoms with van der Waals surface area (Å²) in [6.45, 7) is 8.85. The third-order valence-electron chi connectivity index (χ3n) is 3.19. The van der Waals surface area contributed by atoms with Gasteiger partial charge in [-0.15, -0.1) is 0 Å². The molecule has 3 N–H and O–H groups in total. The van der Waals surface area contributed by atoms with Crippen molar-refractivity contribution in [1.82, 2.24) is 10.2 Å². The fraction of sp³-hybridized carbons (Fsp3) is 0.786. The van der Waals surface area contributed by atoms with E-state index in [0.717, 1.165) is 6.42 Å². The summed E-state index contributed by atoms with van der Waals surface area (Å²) in [5.74, 6) is -0.858. The fourth-order valence-corrected chi connectivity index (χ4v) is 2.28. The summed E-state index contributed by atoms with van der Waals surface area (Å²) in [5.41, 5.74) is 3.50. The highest BCUT2D eigenvalue weighted by Gasteiger charge is 2.41. The molecule has 120 valence electrons. The van der Waals surface area contributed by atoms with E-state index in [1.165, 1.54) is 4.90 Å². The second kappa shape index (κ2) is 5.91. The molecular formula is C14H25N3O4. The van der Waals surface area contributed by atoms with Crippen LogP contribution in [0.3, 0.4) is 0 Å². The Hall–Kier alpha value is -1.79. The van der Waals surface area contributed by atoms with Gasteiger partial charge >= 0.3 is 6.09 Å². The Labute approximate surface area is 125 Å². The zero-order chi connectivity index (χ0) is 16.4. The molecule has 1 heterocycles. The summed E-state index contributed by atoms with van der Waals surface area (Å²) in [7, 11) is 0. The highest BCUT2D eigenvalue weighted by molar-refractivity contribution is 5.93. The van der Waals surface area contributed by atoms with Crippen LogP contribution in [-0.2, 0) is 14.3 Å². The number of nitrogens with one attached hydrogen (secondary N) is 1. The van der Waals surface area contributed by atoms with Crippen molar-refractivity contribution in [2.24, 2.45) is 5.73 Å². The minimum absolute atomic E-state index is 0.338. The molecule has 1 atom stereocenters. The lowest BCUT2D eigenvalue weighted by Gasteiger charge is -2.33. The molecule has 0 unspecified atom stereocenters. The molecule has 21 heavy (non-hydrogen) atoms. The van der Waals surface area contributed by atoms with Gasteiger partial charge < -0.3 is 20.7 Å². The fourth-order valence-electron chi connectivity index (χ4n) is 2.28. The topological polar surface area (TPSA) is 102 Å². The number of nitrogens with two attached hydrogens (primary N) is 1. The number of carbonyl (C=O) groups excluding carboxylic acids is 3. The van der Waals surface area contributed by atoms with Gasteiger partial charge in [-0.2, -0.15) is 0 Å². The van der Waals surface area contributed by atoms with Gasteiger partial charge in [0, 0.05) is 6.54 Å². The lowest BCUT2D eigenvalue weighted by atomic mass is 10.0. The van der Waals surface area contributed by atoms with E-state index in [0.29, 0.717) is 13.0 Å². The van der Waals surface area contributed by atoms with Crippen molar-refractivity contribution in [2.45, 2.75) is 64.6 Å². The van der Waals surface area contributed by atoms with Gasteiger partial charge in [0.15, 0.2) is 0 Å². The molecule has 0 spiro atoms. The molecular weight excluding hydrogens is 274 g/mol. The largest absolute Gasteiger partial charge is 0.444 e. The standard InChI is InChI=1S/C14H25N3O4/c1-13(2,3)21-12(20)16-14(4,5)11(19)17-8-6-7-9(17)10(15)18/h9H,6-8H2,1-5H3,(H2,15,18)(H,16,20)/t9-/m0/s1. The highest BCUT2D eigenvalue weighted by Crippen LogP contribution is 2.21. The van der Waals surface area contributed by atoms with Crippen molar-refractivity contribution < 1.29 is 19.1 Å². The Morgan fingerprint density at radius 2 is 1.76 bits per heavy atom. The summed E-state index contributed by atoms with van der Waals surface area (Å²) in [4.78, 5) is 37.1. The molecule has 0 saturated carbocycles. The lowest BCUT2D eigenvalue weighted by Crippen LogP contribution is -2.59. The van der Waals surface area contributed by atoms with Crippen LogP contribution in [0.4, 0.5) is 4.79 Å². The third-order valence-corrected chi connectivity index (χ3v) is 3.19. The molecule has 0 aromatic carbocycles. The Morgan fingerprint density at radius 3 is 2.24 bits per heavy atom. The van der Waals surface area contributed by atoms with E-state index in [1.54, 1.807) is 34.6 Å². The van der Waals surface area contributed by atoms with Gasteiger partial charge in [-0.25, -0.2) is 4.79 Å². The van der Waals surface area contributed by atoms with Crippen LogP contribution in [0.1, 0.15) is 47.5 Å². The first-order valence-corrected chi connectivity index (χ1v) is 7.05. The molecule has 0 bridgehead atoms. The number of amides is 3. The summed E-state index contributed by atoms with van der Waals surface area (Å²) in [5, 5.41) is 2.54. The number of hydrogen-bond donors (Lipinski definition) is 2.